The van der Waals surface area contributed by atoms with Gasteiger partial charge in [-0.1, -0.05) is 11.6 Å². The Hall–Kier alpha value is -1.44. The van der Waals surface area contributed by atoms with Crippen LogP contribution in [0.1, 0.15) is 6.42 Å². The van der Waals surface area contributed by atoms with Crippen molar-refractivity contribution >= 4 is 15.7 Å². The average Bonchev–Trinajstić information content (AvgIpc) is 2.37. The third-order valence-electron chi connectivity index (χ3n) is 2.93. The van der Waals surface area contributed by atoms with Crippen molar-refractivity contribution in [3.05, 3.63) is 35.7 Å². The van der Waals surface area contributed by atoms with E-state index >= 15 is 0 Å². The van der Waals surface area contributed by atoms with Crippen molar-refractivity contribution in [2.24, 2.45) is 5.14 Å². The number of primary sulfonamides is 1. The van der Waals surface area contributed by atoms with Crippen molar-refractivity contribution in [3.63, 3.8) is 0 Å². The van der Waals surface area contributed by atoms with Gasteiger partial charge in [0, 0.05) is 13.1 Å². The third kappa shape index (κ3) is 3.76. The highest BCUT2D eigenvalue weighted by molar-refractivity contribution is 7.89. The zero-order valence-electron chi connectivity index (χ0n) is 10.3. The molecule has 0 fully saturated rings. The monoisotopic (exact) mass is 285 g/mol. The van der Waals surface area contributed by atoms with Gasteiger partial charge in [0.15, 0.2) is 0 Å². The maximum Gasteiger partial charge on any atom is 0.238 e. The Balaban J connectivity index is 2.07. The number of rotatable bonds is 4. The van der Waals surface area contributed by atoms with E-state index in [-0.39, 0.29) is 10.6 Å². The van der Waals surface area contributed by atoms with Gasteiger partial charge in [-0.3, -0.25) is 0 Å². The van der Waals surface area contributed by atoms with Crippen LogP contribution in [0.5, 0.6) is 0 Å². The van der Waals surface area contributed by atoms with Crippen molar-refractivity contribution in [2.75, 3.05) is 25.0 Å². The van der Waals surface area contributed by atoms with E-state index < -0.39 is 15.8 Å². The van der Waals surface area contributed by atoms with Crippen LogP contribution >= 0.6 is 0 Å². The molecular formula is C12H16FN3O2S. The standard InChI is InChI=1S/C12H16FN3O2S/c13-11-7-10(19(14,17)18)1-2-12(11)16-8-9-3-5-15-6-4-9/h1-3,7,15-16H,4-6,8H2,(H2,14,17,18). The minimum Gasteiger partial charge on any atom is -0.379 e. The molecule has 0 atom stereocenters. The first-order valence-electron chi connectivity index (χ1n) is 5.91. The van der Waals surface area contributed by atoms with Gasteiger partial charge in [-0.15, -0.1) is 0 Å². The minimum atomic E-state index is -3.86. The zero-order chi connectivity index (χ0) is 13.9. The number of nitrogens with one attached hydrogen (secondary N) is 2. The predicted molar refractivity (Wildman–Crippen MR) is 71.8 cm³/mol. The lowest BCUT2D eigenvalue weighted by atomic mass is 10.1. The molecule has 0 aromatic heterocycles. The Morgan fingerprint density at radius 3 is 2.79 bits per heavy atom. The van der Waals surface area contributed by atoms with E-state index in [1.807, 2.05) is 0 Å². The van der Waals surface area contributed by atoms with Gasteiger partial charge < -0.3 is 10.6 Å². The van der Waals surface area contributed by atoms with Crippen LogP contribution in [0.2, 0.25) is 0 Å². The SMILES string of the molecule is NS(=O)(=O)c1ccc(NCC2=CCNCC2)c(F)c1. The van der Waals surface area contributed by atoms with E-state index in [0.717, 1.165) is 25.6 Å². The number of halogens is 1. The molecule has 5 nitrogen and oxygen atoms in total. The molecule has 2 rings (SSSR count). The molecule has 1 aromatic rings. The quantitative estimate of drug-likeness (QED) is 0.715. The fourth-order valence-corrected chi connectivity index (χ4v) is 2.38. The lowest BCUT2D eigenvalue weighted by Gasteiger charge is -2.15. The van der Waals surface area contributed by atoms with Gasteiger partial charge in [-0.25, -0.2) is 17.9 Å². The smallest absolute Gasteiger partial charge is 0.238 e. The summed E-state index contributed by atoms with van der Waals surface area (Å²) in [5, 5.41) is 11.1. The van der Waals surface area contributed by atoms with Crippen LogP contribution in [0.15, 0.2) is 34.7 Å². The molecule has 4 N–H and O–H groups in total. The second kappa shape index (κ2) is 5.68. The van der Waals surface area contributed by atoms with Crippen molar-refractivity contribution in [1.82, 2.24) is 5.32 Å². The number of anilines is 1. The first-order chi connectivity index (χ1) is 8.97. The molecule has 0 aliphatic carbocycles. The molecule has 0 saturated carbocycles. The fourth-order valence-electron chi connectivity index (χ4n) is 1.86. The van der Waals surface area contributed by atoms with Crippen LogP contribution in [0.4, 0.5) is 10.1 Å². The summed E-state index contributed by atoms with van der Waals surface area (Å²) in [4.78, 5) is -0.225. The zero-order valence-corrected chi connectivity index (χ0v) is 11.1. The molecule has 1 aliphatic heterocycles. The third-order valence-corrected chi connectivity index (χ3v) is 3.84. The van der Waals surface area contributed by atoms with E-state index in [2.05, 4.69) is 16.7 Å². The van der Waals surface area contributed by atoms with Gasteiger partial charge >= 0.3 is 0 Å². The first-order valence-corrected chi connectivity index (χ1v) is 7.46. The highest BCUT2D eigenvalue weighted by Gasteiger charge is 2.11. The summed E-state index contributed by atoms with van der Waals surface area (Å²) in [5.41, 5.74) is 1.47. The molecule has 104 valence electrons. The Kier molecular flexibility index (Phi) is 4.18. The summed E-state index contributed by atoms with van der Waals surface area (Å²) in [5.74, 6) is -0.624. The largest absolute Gasteiger partial charge is 0.379 e. The first kappa shape index (κ1) is 14.0. The molecule has 0 spiro atoms. The number of hydrogen-bond acceptors (Lipinski definition) is 4. The Labute approximate surface area is 111 Å². The molecule has 0 radical (unpaired) electrons. The summed E-state index contributed by atoms with van der Waals surface area (Å²) in [7, 11) is -3.86. The molecule has 0 saturated heterocycles. The summed E-state index contributed by atoms with van der Waals surface area (Å²) < 4.78 is 35.9. The van der Waals surface area contributed by atoms with E-state index in [4.69, 9.17) is 5.14 Å². The number of benzene rings is 1. The van der Waals surface area contributed by atoms with Crippen LogP contribution in [0, 0.1) is 5.82 Å². The molecule has 1 aromatic carbocycles. The molecule has 19 heavy (non-hydrogen) atoms. The Morgan fingerprint density at radius 1 is 1.42 bits per heavy atom. The van der Waals surface area contributed by atoms with Crippen LogP contribution in [-0.4, -0.2) is 28.1 Å². The summed E-state index contributed by atoms with van der Waals surface area (Å²) in [6.07, 6.45) is 2.98. The molecule has 1 aliphatic rings. The molecule has 7 heteroatoms. The van der Waals surface area contributed by atoms with E-state index in [1.165, 1.54) is 17.7 Å². The van der Waals surface area contributed by atoms with Gasteiger partial charge in [0.05, 0.1) is 10.6 Å². The highest BCUT2D eigenvalue weighted by atomic mass is 32.2. The van der Waals surface area contributed by atoms with Crippen molar-refractivity contribution in [1.29, 1.82) is 0 Å². The van der Waals surface area contributed by atoms with Crippen LogP contribution in [-0.2, 0) is 10.0 Å². The van der Waals surface area contributed by atoms with Gasteiger partial charge in [-0.05, 0) is 31.2 Å². The molecule has 0 amide bonds. The number of sulfonamides is 1. The lowest BCUT2D eigenvalue weighted by molar-refractivity contribution is 0.593. The Bertz CT molecular complexity index is 599. The highest BCUT2D eigenvalue weighted by Crippen LogP contribution is 2.18. The van der Waals surface area contributed by atoms with E-state index in [1.54, 1.807) is 0 Å². The summed E-state index contributed by atoms with van der Waals surface area (Å²) in [6.45, 7) is 2.29. The van der Waals surface area contributed by atoms with Crippen molar-refractivity contribution in [3.8, 4) is 0 Å². The summed E-state index contributed by atoms with van der Waals surface area (Å²) in [6, 6.07) is 3.60. The van der Waals surface area contributed by atoms with Crippen LogP contribution in [0.25, 0.3) is 0 Å². The topological polar surface area (TPSA) is 84.2 Å². The van der Waals surface area contributed by atoms with E-state index in [0.29, 0.717) is 6.54 Å². The molecule has 0 bridgehead atoms. The van der Waals surface area contributed by atoms with Gasteiger partial charge in [0.2, 0.25) is 10.0 Å². The maximum absolute atomic E-state index is 13.7. The number of nitrogens with two attached hydrogens (primary N) is 1. The number of hydrogen-bond donors (Lipinski definition) is 3. The molecular weight excluding hydrogens is 269 g/mol. The van der Waals surface area contributed by atoms with Crippen molar-refractivity contribution < 1.29 is 12.8 Å². The van der Waals surface area contributed by atoms with Crippen LogP contribution in [0.3, 0.4) is 0 Å². The van der Waals surface area contributed by atoms with Crippen LogP contribution < -0.4 is 15.8 Å². The second-order valence-electron chi connectivity index (χ2n) is 4.36. The normalized spacial score (nSPS) is 16.0. The molecule has 1 heterocycles. The van der Waals surface area contributed by atoms with Gasteiger partial charge in [-0.2, -0.15) is 0 Å². The minimum absolute atomic E-state index is 0.225. The van der Waals surface area contributed by atoms with Crippen molar-refractivity contribution in [2.45, 2.75) is 11.3 Å². The summed E-state index contributed by atoms with van der Waals surface area (Å²) >= 11 is 0. The molecule has 0 unspecified atom stereocenters. The fraction of sp³-hybridized carbons (Fsp3) is 0.333. The Morgan fingerprint density at radius 2 is 2.21 bits per heavy atom. The lowest BCUT2D eigenvalue weighted by Crippen LogP contribution is -2.23. The average molecular weight is 285 g/mol. The maximum atomic E-state index is 13.7. The second-order valence-corrected chi connectivity index (χ2v) is 5.92. The van der Waals surface area contributed by atoms with Gasteiger partial charge in [0.1, 0.15) is 5.82 Å². The predicted octanol–water partition coefficient (Wildman–Crippen LogP) is 0.805. The van der Waals surface area contributed by atoms with Gasteiger partial charge in [0.25, 0.3) is 0 Å². The van der Waals surface area contributed by atoms with E-state index in [9.17, 15) is 12.8 Å².